The van der Waals surface area contributed by atoms with E-state index in [2.05, 4.69) is 45.7 Å². The number of methoxy groups -OCH3 is 1. The zero-order chi connectivity index (χ0) is 25.5. The molecule has 0 radical (unpaired) electrons. The van der Waals surface area contributed by atoms with Crippen LogP contribution in [0.15, 0.2) is 24.4 Å². The van der Waals surface area contributed by atoms with Crippen molar-refractivity contribution in [2.24, 2.45) is 0 Å². The van der Waals surface area contributed by atoms with Crippen LogP contribution in [-0.2, 0) is 9.47 Å². The Morgan fingerprint density at radius 2 is 1.97 bits per heavy atom. The molecule has 0 spiro atoms. The maximum absolute atomic E-state index is 9.58. The molecule has 6 rings (SSSR count). The first-order valence-electron chi connectivity index (χ1n) is 13.3. The normalized spacial score (nSPS) is 25.4. The van der Waals surface area contributed by atoms with Crippen LogP contribution >= 0.6 is 0 Å². The lowest BCUT2D eigenvalue weighted by Gasteiger charge is -2.45. The lowest BCUT2D eigenvalue weighted by atomic mass is 9.82. The van der Waals surface area contributed by atoms with Gasteiger partial charge in [0.1, 0.15) is 5.82 Å². The van der Waals surface area contributed by atoms with Gasteiger partial charge in [-0.2, -0.15) is 15.1 Å². The van der Waals surface area contributed by atoms with Gasteiger partial charge in [-0.25, -0.2) is 4.68 Å². The Hall–Kier alpha value is -2.79. The van der Waals surface area contributed by atoms with Crippen LogP contribution in [0.5, 0.6) is 6.01 Å². The monoisotopic (exact) mass is 508 g/mol. The Balaban J connectivity index is 1.32. The van der Waals surface area contributed by atoms with Crippen molar-refractivity contribution in [2.75, 3.05) is 58.1 Å². The second-order valence-corrected chi connectivity index (χ2v) is 10.5. The van der Waals surface area contributed by atoms with E-state index in [9.17, 15) is 5.11 Å². The van der Waals surface area contributed by atoms with Gasteiger partial charge in [0.2, 0.25) is 0 Å². The molecule has 0 saturated carbocycles. The minimum absolute atomic E-state index is 0.0243. The Kier molecular flexibility index (Phi) is 6.74. The SMILES string of the molecule is COc1nc(N2CCOC(CO)C2)cc(-n2ncc3cc(C)c(C4CCN(C5COC5)C(C)C4)cc32)n1. The lowest BCUT2D eigenvalue weighted by molar-refractivity contribution is -0.0862. The van der Waals surface area contributed by atoms with Gasteiger partial charge in [0.15, 0.2) is 5.82 Å². The summed E-state index contributed by atoms with van der Waals surface area (Å²) in [5.41, 5.74) is 3.74. The van der Waals surface area contributed by atoms with Gasteiger partial charge in [-0.05, 0) is 62.4 Å². The van der Waals surface area contributed by atoms with Crippen molar-refractivity contribution >= 4 is 16.7 Å². The highest BCUT2D eigenvalue weighted by Gasteiger charge is 2.35. The second kappa shape index (κ2) is 10.2. The first-order valence-corrected chi connectivity index (χ1v) is 13.3. The first-order chi connectivity index (χ1) is 18.0. The number of rotatable bonds is 6. The number of aliphatic hydroxyl groups excluding tert-OH is 1. The molecule has 0 bridgehead atoms. The Bertz CT molecular complexity index is 1260. The summed E-state index contributed by atoms with van der Waals surface area (Å²) in [6.45, 7) is 9.16. The molecule has 0 amide bonds. The molecular weight excluding hydrogens is 472 g/mol. The Labute approximate surface area is 217 Å². The van der Waals surface area contributed by atoms with E-state index < -0.39 is 0 Å². The van der Waals surface area contributed by atoms with Crippen LogP contribution in [0.2, 0.25) is 0 Å². The van der Waals surface area contributed by atoms with Crippen molar-refractivity contribution in [2.45, 2.75) is 50.8 Å². The Morgan fingerprint density at radius 1 is 1.14 bits per heavy atom. The fraction of sp³-hybridized carbons (Fsp3) is 0.593. The second-order valence-electron chi connectivity index (χ2n) is 10.5. The van der Waals surface area contributed by atoms with Crippen LogP contribution in [0.3, 0.4) is 0 Å². The molecule has 1 aromatic carbocycles. The number of likely N-dealkylation sites (tertiary alicyclic amines) is 1. The summed E-state index contributed by atoms with van der Waals surface area (Å²) in [7, 11) is 1.57. The molecule has 3 fully saturated rings. The number of aryl methyl sites for hydroxylation is 1. The van der Waals surface area contributed by atoms with Gasteiger partial charge < -0.3 is 24.2 Å². The summed E-state index contributed by atoms with van der Waals surface area (Å²) < 4.78 is 18.4. The number of piperidine rings is 1. The highest BCUT2D eigenvalue weighted by atomic mass is 16.5. The summed E-state index contributed by atoms with van der Waals surface area (Å²) in [5.74, 6) is 1.91. The highest BCUT2D eigenvalue weighted by Crippen LogP contribution is 2.37. The third kappa shape index (κ3) is 4.67. The number of aliphatic hydroxyl groups is 1. The van der Waals surface area contributed by atoms with Gasteiger partial charge >= 0.3 is 6.01 Å². The van der Waals surface area contributed by atoms with Crippen LogP contribution in [0.25, 0.3) is 16.7 Å². The highest BCUT2D eigenvalue weighted by molar-refractivity contribution is 5.82. The number of anilines is 1. The number of ether oxygens (including phenoxy) is 3. The molecule has 0 aliphatic carbocycles. The van der Waals surface area contributed by atoms with Gasteiger partial charge in [0.25, 0.3) is 0 Å². The van der Waals surface area contributed by atoms with E-state index in [4.69, 9.17) is 19.3 Å². The van der Waals surface area contributed by atoms with Crippen LogP contribution in [-0.4, -0.2) is 101 Å². The molecular formula is C27H36N6O4. The van der Waals surface area contributed by atoms with Gasteiger partial charge in [0.05, 0.1) is 57.4 Å². The molecule has 3 saturated heterocycles. The van der Waals surface area contributed by atoms with E-state index in [1.807, 2.05) is 16.9 Å². The lowest BCUT2D eigenvalue weighted by Crippen LogP contribution is -2.55. The predicted molar refractivity (Wildman–Crippen MR) is 140 cm³/mol. The van der Waals surface area contributed by atoms with E-state index in [0.717, 1.165) is 49.3 Å². The minimum Gasteiger partial charge on any atom is -0.467 e. The number of aromatic nitrogens is 4. The molecule has 198 valence electrons. The van der Waals surface area contributed by atoms with Crippen LogP contribution in [0, 0.1) is 6.92 Å². The molecule has 10 nitrogen and oxygen atoms in total. The van der Waals surface area contributed by atoms with Crippen molar-refractivity contribution in [3.8, 4) is 11.8 Å². The maximum atomic E-state index is 9.58. The third-order valence-corrected chi connectivity index (χ3v) is 8.16. The summed E-state index contributed by atoms with van der Waals surface area (Å²) in [5, 5.41) is 15.4. The first kappa shape index (κ1) is 24.5. The van der Waals surface area contributed by atoms with Crippen molar-refractivity contribution in [3.63, 3.8) is 0 Å². The predicted octanol–water partition coefficient (Wildman–Crippen LogP) is 2.30. The molecule has 3 aromatic rings. The van der Waals surface area contributed by atoms with E-state index in [-0.39, 0.29) is 18.7 Å². The molecule has 2 aromatic heterocycles. The molecule has 37 heavy (non-hydrogen) atoms. The van der Waals surface area contributed by atoms with Gasteiger partial charge in [-0.3, -0.25) is 4.90 Å². The maximum Gasteiger partial charge on any atom is 0.320 e. The number of fused-ring (bicyclic) bond motifs is 1. The average Bonchev–Trinajstić information content (AvgIpc) is 3.30. The van der Waals surface area contributed by atoms with Crippen molar-refractivity contribution in [3.05, 3.63) is 35.5 Å². The van der Waals surface area contributed by atoms with Gasteiger partial charge in [-0.15, -0.1) is 0 Å². The third-order valence-electron chi connectivity index (χ3n) is 8.16. The largest absolute Gasteiger partial charge is 0.467 e. The molecule has 3 atom stereocenters. The number of hydrogen-bond acceptors (Lipinski definition) is 9. The van der Waals surface area contributed by atoms with E-state index >= 15 is 0 Å². The van der Waals surface area contributed by atoms with Gasteiger partial charge in [-0.1, -0.05) is 0 Å². The summed E-state index contributed by atoms with van der Waals surface area (Å²) >= 11 is 0. The molecule has 3 aliphatic rings. The topological polar surface area (TPSA) is 98.0 Å². The number of nitrogens with zero attached hydrogens (tertiary/aromatic N) is 6. The smallest absolute Gasteiger partial charge is 0.320 e. The number of hydrogen-bond donors (Lipinski definition) is 1. The van der Waals surface area contributed by atoms with E-state index in [0.29, 0.717) is 43.5 Å². The molecule has 10 heteroatoms. The Morgan fingerprint density at radius 3 is 2.70 bits per heavy atom. The number of morpholine rings is 1. The zero-order valence-corrected chi connectivity index (χ0v) is 21.8. The molecule has 3 unspecified atom stereocenters. The van der Waals surface area contributed by atoms with Crippen LogP contribution in [0.1, 0.15) is 36.8 Å². The van der Waals surface area contributed by atoms with Crippen molar-refractivity contribution < 1.29 is 19.3 Å². The fourth-order valence-corrected chi connectivity index (χ4v) is 6.06. The zero-order valence-electron chi connectivity index (χ0n) is 21.8. The number of benzene rings is 1. The molecule has 3 aliphatic heterocycles. The van der Waals surface area contributed by atoms with Crippen LogP contribution < -0.4 is 9.64 Å². The summed E-state index contributed by atoms with van der Waals surface area (Å²) in [6.07, 6.45) is 3.96. The fourth-order valence-electron chi connectivity index (χ4n) is 6.06. The summed E-state index contributed by atoms with van der Waals surface area (Å²) in [6, 6.07) is 7.91. The average molecular weight is 509 g/mol. The van der Waals surface area contributed by atoms with Crippen LogP contribution in [0.4, 0.5) is 5.82 Å². The van der Waals surface area contributed by atoms with Crippen molar-refractivity contribution in [1.82, 2.24) is 24.6 Å². The minimum atomic E-state index is -0.236. The van der Waals surface area contributed by atoms with E-state index in [1.165, 1.54) is 11.1 Å². The molecule has 1 N–H and O–H groups in total. The molecule has 5 heterocycles. The van der Waals surface area contributed by atoms with E-state index in [1.54, 1.807) is 7.11 Å². The standard InChI is InChI=1S/C27H36N6O4/c1-17-8-20-12-28-33(24(20)10-23(17)19-4-5-32(18(2)9-19)21-15-36-16-21)26-11-25(29-27(30-26)35-3)31-6-7-37-22(13-31)14-34/h8,10-12,18-19,21-22,34H,4-7,9,13-16H2,1-3H3. The van der Waals surface area contributed by atoms with Gasteiger partial charge in [0, 0.05) is 30.6 Å². The van der Waals surface area contributed by atoms with Crippen molar-refractivity contribution in [1.29, 1.82) is 0 Å². The summed E-state index contributed by atoms with van der Waals surface area (Å²) in [4.78, 5) is 13.9. The quantitative estimate of drug-likeness (QED) is 0.538.